The Hall–Kier alpha value is -2.76. The molecule has 2 rings (SSSR count). The van der Waals surface area contributed by atoms with E-state index in [0.29, 0.717) is 48.3 Å². The van der Waals surface area contributed by atoms with Crippen LogP contribution in [0.15, 0.2) is 36.4 Å². The van der Waals surface area contributed by atoms with Crippen LogP contribution in [-0.2, 0) is 9.47 Å². The van der Waals surface area contributed by atoms with Crippen LogP contribution in [0, 0.1) is 0 Å². The van der Waals surface area contributed by atoms with Crippen LogP contribution < -0.4 is 9.47 Å². The van der Waals surface area contributed by atoms with Crippen molar-refractivity contribution in [3.8, 4) is 11.5 Å². The predicted octanol–water partition coefficient (Wildman–Crippen LogP) is 4.69. The predicted molar refractivity (Wildman–Crippen MR) is 88.5 cm³/mol. The zero-order valence-corrected chi connectivity index (χ0v) is 13.7. The largest absolute Gasteiger partial charge is 0.513 e. The summed E-state index contributed by atoms with van der Waals surface area (Å²) in [7, 11) is 0. The minimum Gasteiger partial charge on any atom is -0.434 e. The average molecular weight is 332 g/mol. The van der Waals surface area contributed by atoms with Crippen molar-refractivity contribution in [1.29, 1.82) is 0 Å². The van der Waals surface area contributed by atoms with Gasteiger partial charge in [-0.3, -0.25) is 0 Å². The van der Waals surface area contributed by atoms with Crippen LogP contribution in [0.3, 0.4) is 0 Å². The second kappa shape index (κ2) is 8.76. The van der Waals surface area contributed by atoms with Gasteiger partial charge in [-0.1, -0.05) is 38.1 Å². The number of carbonyl (C=O) groups excluding carboxylic acids is 2. The summed E-state index contributed by atoms with van der Waals surface area (Å²) in [6.07, 6.45) is -0.110. The minimum absolute atomic E-state index is 0.293. The zero-order chi connectivity index (χ0) is 17.4. The molecule has 0 N–H and O–H groups in total. The minimum atomic E-state index is -0.766. The lowest BCUT2D eigenvalue weighted by Gasteiger charge is -2.11. The van der Waals surface area contributed by atoms with E-state index in [0.717, 1.165) is 0 Å². The van der Waals surface area contributed by atoms with Crippen molar-refractivity contribution >= 4 is 23.1 Å². The molecule has 0 radical (unpaired) electrons. The highest BCUT2D eigenvalue weighted by atomic mass is 16.7. The molecular formula is C18H20O6. The van der Waals surface area contributed by atoms with E-state index in [1.165, 1.54) is 0 Å². The molecule has 0 aliphatic rings. The van der Waals surface area contributed by atoms with Crippen molar-refractivity contribution in [3.63, 3.8) is 0 Å². The third-order valence-electron chi connectivity index (χ3n) is 3.08. The van der Waals surface area contributed by atoms with Gasteiger partial charge in [-0.05, 0) is 25.0 Å². The maximum atomic E-state index is 11.6. The monoisotopic (exact) mass is 332 g/mol. The van der Waals surface area contributed by atoms with E-state index in [9.17, 15) is 9.59 Å². The SMILES string of the molecule is CCCOC(=O)Oc1ccc(OC(=O)OCCC)c2ccccc12. The van der Waals surface area contributed by atoms with Crippen LogP contribution in [0.2, 0.25) is 0 Å². The number of rotatable bonds is 6. The summed E-state index contributed by atoms with van der Waals surface area (Å²) in [5, 5.41) is 1.26. The van der Waals surface area contributed by atoms with Gasteiger partial charge in [0, 0.05) is 10.8 Å². The van der Waals surface area contributed by atoms with E-state index >= 15 is 0 Å². The molecule has 0 bridgehead atoms. The first-order valence-corrected chi connectivity index (χ1v) is 7.86. The van der Waals surface area contributed by atoms with Gasteiger partial charge in [0.25, 0.3) is 0 Å². The molecule has 0 aliphatic carbocycles. The Balaban J connectivity index is 2.22. The van der Waals surface area contributed by atoms with Gasteiger partial charge in [0.05, 0.1) is 13.2 Å². The average Bonchev–Trinajstić information content (AvgIpc) is 2.60. The Labute approximate surface area is 140 Å². The molecule has 0 unspecified atom stereocenters. The van der Waals surface area contributed by atoms with Gasteiger partial charge in [0.2, 0.25) is 0 Å². The molecular weight excluding hydrogens is 312 g/mol. The second-order valence-corrected chi connectivity index (χ2v) is 5.01. The van der Waals surface area contributed by atoms with Crippen LogP contribution in [0.5, 0.6) is 11.5 Å². The molecule has 24 heavy (non-hydrogen) atoms. The Morgan fingerprint density at radius 3 is 1.54 bits per heavy atom. The molecule has 128 valence electrons. The van der Waals surface area contributed by atoms with Crippen molar-refractivity contribution in [2.45, 2.75) is 26.7 Å². The lowest BCUT2D eigenvalue weighted by atomic mass is 10.1. The van der Waals surface area contributed by atoms with Crippen LogP contribution in [-0.4, -0.2) is 25.5 Å². The first-order valence-electron chi connectivity index (χ1n) is 7.86. The van der Waals surface area contributed by atoms with Gasteiger partial charge < -0.3 is 18.9 Å². The summed E-state index contributed by atoms with van der Waals surface area (Å²) in [6, 6.07) is 10.2. The molecule has 2 aromatic rings. The molecule has 0 spiro atoms. The zero-order valence-electron chi connectivity index (χ0n) is 13.7. The third kappa shape index (κ3) is 4.62. The first-order chi connectivity index (χ1) is 11.7. The summed E-state index contributed by atoms with van der Waals surface area (Å²) in [5.74, 6) is 0.668. The van der Waals surface area contributed by atoms with E-state index < -0.39 is 12.3 Å². The second-order valence-electron chi connectivity index (χ2n) is 5.01. The van der Waals surface area contributed by atoms with Crippen LogP contribution in [0.25, 0.3) is 10.8 Å². The molecule has 0 fully saturated rings. The number of hydrogen-bond donors (Lipinski definition) is 0. The molecule has 0 saturated carbocycles. The summed E-state index contributed by atoms with van der Waals surface area (Å²) >= 11 is 0. The molecule has 0 aliphatic heterocycles. The Morgan fingerprint density at radius 1 is 0.750 bits per heavy atom. The van der Waals surface area contributed by atoms with Crippen LogP contribution in [0.1, 0.15) is 26.7 Å². The summed E-state index contributed by atoms with van der Waals surface area (Å²) in [4.78, 5) is 23.3. The molecule has 0 amide bonds. The fourth-order valence-corrected chi connectivity index (χ4v) is 2.03. The van der Waals surface area contributed by atoms with Crippen molar-refractivity contribution in [1.82, 2.24) is 0 Å². The van der Waals surface area contributed by atoms with Gasteiger partial charge in [-0.25, -0.2) is 9.59 Å². The fourth-order valence-electron chi connectivity index (χ4n) is 2.03. The summed E-state index contributed by atoms with van der Waals surface area (Å²) in [5.41, 5.74) is 0. The van der Waals surface area contributed by atoms with E-state index in [4.69, 9.17) is 18.9 Å². The Bertz CT molecular complexity index is 649. The van der Waals surface area contributed by atoms with Crippen molar-refractivity contribution in [2.24, 2.45) is 0 Å². The number of ether oxygens (including phenoxy) is 4. The number of hydrogen-bond acceptors (Lipinski definition) is 6. The molecule has 6 heteroatoms. The lowest BCUT2D eigenvalue weighted by molar-refractivity contribution is 0.0977. The smallest absolute Gasteiger partial charge is 0.434 e. The highest BCUT2D eigenvalue weighted by Gasteiger charge is 2.14. The molecule has 6 nitrogen and oxygen atoms in total. The Morgan fingerprint density at radius 2 is 1.17 bits per heavy atom. The first kappa shape index (κ1) is 17.6. The van der Waals surface area contributed by atoms with Crippen molar-refractivity contribution in [2.75, 3.05) is 13.2 Å². The van der Waals surface area contributed by atoms with Gasteiger partial charge in [-0.2, -0.15) is 0 Å². The third-order valence-corrected chi connectivity index (χ3v) is 3.08. The highest BCUT2D eigenvalue weighted by molar-refractivity contribution is 5.95. The molecule has 0 saturated heterocycles. The van der Waals surface area contributed by atoms with Crippen LogP contribution in [0.4, 0.5) is 9.59 Å². The van der Waals surface area contributed by atoms with E-state index in [1.807, 2.05) is 13.8 Å². The van der Waals surface area contributed by atoms with E-state index in [-0.39, 0.29) is 0 Å². The lowest BCUT2D eigenvalue weighted by Crippen LogP contribution is -2.12. The van der Waals surface area contributed by atoms with Gasteiger partial charge in [0.15, 0.2) is 0 Å². The van der Waals surface area contributed by atoms with E-state index in [2.05, 4.69) is 0 Å². The summed E-state index contributed by atoms with van der Waals surface area (Å²) < 4.78 is 20.3. The normalized spacial score (nSPS) is 10.2. The topological polar surface area (TPSA) is 71.1 Å². The standard InChI is InChI=1S/C18H20O6/c1-3-11-21-17(19)23-15-9-10-16(24-18(20)22-12-4-2)14-8-6-5-7-13(14)15/h5-10H,3-4,11-12H2,1-2H3. The maximum Gasteiger partial charge on any atom is 0.513 e. The van der Waals surface area contributed by atoms with E-state index in [1.54, 1.807) is 36.4 Å². The number of fused-ring (bicyclic) bond motifs is 1. The Kier molecular flexibility index (Phi) is 6.42. The van der Waals surface area contributed by atoms with Crippen LogP contribution >= 0.6 is 0 Å². The quantitative estimate of drug-likeness (QED) is 0.564. The fraction of sp³-hybridized carbons (Fsp3) is 0.333. The molecule has 0 heterocycles. The number of benzene rings is 2. The highest BCUT2D eigenvalue weighted by Crippen LogP contribution is 2.33. The van der Waals surface area contributed by atoms with Crippen molar-refractivity contribution < 1.29 is 28.5 Å². The maximum absolute atomic E-state index is 11.6. The number of carbonyl (C=O) groups is 2. The van der Waals surface area contributed by atoms with Gasteiger partial charge in [0.1, 0.15) is 11.5 Å². The molecule has 0 aromatic heterocycles. The van der Waals surface area contributed by atoms with Gasteiger partial charge in [-0.15, -0.1) is 0 Å². The van der Waals surface area contributed by atoms with Gasteiger partial charge >= 0.3 is 12.3 Å². The molecule has 2 aromatic carbocycles. The van der Waals surface area contributed by atoms with Crippen molar-refractivity contribution in [3.05, 3.63) is 36.4 Å². The molecule has 0 atom stereocenters. The summed E-state index contributed by atoms with van der Waals surface area (Å²) in [6.45, 7) is 4.38.